The van der Waals surface area contributed by atoms with Gasteiger partial charge in [0.15, 0.2) is 5.78 Å². The molecular formula is C32H43N3O2. The maximum atomic E-state index is 13.2. The normalized spacial score (nSPS) is 21.7. The summed E-state index contributed by atoms with van der Waals surface area (Å²) in [5.41, 5.74) is 6.43. The molecule has 1 aromatic carbocycles. The van der Waals surface area contributed by atoms with Crippen molar-refractivity contribution in [1.82, 2.24) is 4.90 Å². The summed E-state index contributed by atoms with van der Waals surface area (Å²) in [7, 11) is 0. The molecule has 5 nitrogen and oxygen atoms in total. The zero-order valence-electron chi connectivity index (χ0n) is 23.1. The van der Waals surface area contributed by atoms with Gasteiger partial charge >= 0.3 is 0 Å². The smallest absolute Gasteiger partial charge is 0.162 e. The number of carbonyl (C=O) groups is 1. The summed E-state index contributed by atoms with van der Waals surface area (Å²) in [6.07, 6.45) is 18.4. The standard InChI is InChI=1S/C32H43N3O2/c1-5-31(36)28(29-22-35-21-24(3)33-25(4)30(35)16-13-23(29)2)19-26-14-15-27(20-32(26)37)34-17-11-9-7-6-8-10-12-18-34/h14-16,19-23,37H,5-13,17-18H2,1-4H3. The molecular weight excluding hydrogens is 458 g/mol. The Labute approximate surface area is 223 Å². The molecule has 1 fully saturated rings. The van der Waals surface area contributed by atoms with Crippen molar-refractivity contribution >= 4 is 23.3 Å². The summed E-state index contributed by atoms with van der Waals surface area (Å²) in [4.78, 5) is 22.4. The Morgan fingerprint density at radius 2 is 1.73 bits per heavy atom. The number of ketones is 1. The molecule has 3 heterocycles. The molecule has 0 aromatic heterocycles. The molecule has 0 saturated carbocycles. The van der Waals surface area contributed by atoms with Gasteiger partial charge in [0.25, 0.3) is 0 Å². The largest absolute Gasteiger partial charge is 0.507 e. The molecule has 1 aromatic rings. The van der Waals surface area contributed by atoms with Gasteiger partial charge in [-0.3, -0.25) is 9.79 Å². The van der Waals surface area contributed by atoms with Crippen molar-refractivity contribution in [2.24, 2.45) is 10.9 Å². The van der Waals surface area contributed by atoms with Crippen LogP contribution in [0, 0.1) is 5.92 Å². The van der Waals surface area contributed by atoms with E-state index in [1.807, 2.05) is 45.2 Å². The molecule has 5 heteroatoms. The maximum Gasteiger partial charge on any atom is 0.162 e. The van der Waals surface area contributed by atoms with Gasteiger partial charge < -0.3 is 14.9 Å². The number of hydrogen-bond acceptors (Lipinski definition) is 5. The van der Waals surface area contributed by atoms with Gasteiger partial charge in [0.05, 0.1) is 17.1 Å². The Morgan fingerprint density at radius 3 is 2.38 bits per heavy atom. The Kier molecular flexibility index (Phi) is 9.07. The second-order valence-corrected chi connectivity index (χ2v) is 10.7. The van der Waals surface area contributed by atoms with Crippen molar-refractivity contribution in [2.45, 2.75) is 85.5 Å². The van der Waals surface area contributed by atoms with Crippen molar-refractivity contribution in [3.8, 4) is 5.75 Å². The van der Waals surface area contributed by atoms with E-state index in [1.54, 1.807) is 0 Å². The van der Waals surface area contributed by atoms with Gasteiger partial charge in [-0.25, -0.2) is 0 Å². The predicted molar refractivity (Wildman–Crippen MR) is 155 cm³/mol. The highest BCUT2D eigenvalue weighted by Gasteiger charge is 2.25. The first kappa shape index (κ1) is 27.0. The first-order chi connectivity index (χ1) is 17.9. The number of aliphatic imine (C=N–C) groups is 1. The zero-order chi connectivity index (χ0) is 26.4. The minimum absolute atomic E-state index is 0.0872. The highest BCUT2D eigenvalue weighted by Crippen LogP contribution is 2.35. The molecule has 1 saturated heterocycles. The summed E-state index contributed by atoms with van der Waals surface area (Å²) in [5, 5.41) is 11.1. The highest BCUT2D eigenvalue weighted by atomic mass is 16.3. The van der Waals surface area contributed by atoms with Crippen molar-refractivity contribution in [3.63, 3.8) is 0 Å². The fraction of sp³-hybridized carbons (Fsp3) is 0.500. The average molecular weight is 502 g/mol. The van der Waals surface area contributed by atoms with Crippen LogP contribution in [0.15, 0.2) is 64.2 Å². The second-order valence-electron chi connectivity index (χ2n) is 10.7. The van der Waals surface area contributed by atoms with Crippen molar-refractivity contribution in [1.29, 1.82) is 0 Å². The van der Waals surface area contributed by atoms with Gasteiger partial charge in [-0.15, -0.1) is 0 Å². The Hall–Kier alpha value is -3.08. The number of fused-ring (bicyclic) bond motifs is 1. The molecule has 0 bridgehead atoms. The monoisotopic (exact) mass is 501 g/mol. The summed E-state index contributed by atoms with van der Waals surface area (Å²) in [5.74, 6) is 0.481. The molecule has 37 heavy (non-hydrogen) atoms. The quantitative estimate of drug-likeness (QED) is 0.419. The number of aromatic hydroxyl groups is 1. The van der Waals surface area contributed by atoms with Gasteiger partial charge in [-0.05, 0) is 62.8 Å². The fourth-order valence-electron chi connectivity index (χ4n) is 5.58. The van der Waals surface area contributed by atoms with E-state index in [2.05, 4.69) is 40.1 Å². The van der Waals surface area contributed by atoms with E-state index < -0.39 is 0 Å². The molecule has 0 spiro atoms. The van der Waals surface area contributed by atoms with Gasteiger partial charge in [-0.2, -0.15) is 0 Å². The highest BCUT2D eigenvalue weighted by molar-refractivity contribution is 6.04. The van der Waals surface area contributed by atoms with E-state index >= 15 is 0 Å². The van der Waals surface area contributed by atoms with Crippen LogP contribution in [0.5, 0.6) is 5.75 Å². The third kappa shape index (κ3) is 6.63. The number of phenolic OH excluding ortho intramolecular Hbond substituents is 1. The summed E-state index contributed by atoms with van der Waals surface area (Å²) in [6.45, 7) is 10.1. The number of hydrogen-bond donors (Lipinski definition) is 1. The summed E-state index contributed by atoms with van der Waals surface area (Å²) >= 11 is 0. The zero-order valence-corrected chi connectivity index (χ0v) is 23.1. The molecule has 198 valence electrons. The lowest BCUT2D eigenvalue weighted by Gasteiger charge is -2.26. The van der Waals surface area contributed by atoms with Gasteiger partial charge in [0.2, 0.25) is 0 Å². The number of Topliss-reactive ketones (excluding diaryl/α,β-unsaturated/α-hetero) is 1. The molecule has 4 rings (SSSR count). The van der Waals surface area contributed by atoms with E-state index in [9.17, 15) is 9.90 Å². The average Bonchev–Trinajstić information content (AvgIpc) is 3.04. The molecule has 0 aliphatic carbocycles. The van der Waals surface area contributed by atoms with E-state index in [0.29, 0.717) is 17.6 Å². The van der Waals surface area contributed by atoms with Crippen LogP contribution >= 0.6 is 0 Å². The van der Waals surface area contributed by atoms with Crippen LogP contribution in [0.1, 0.15) is 91.0 Å². The van der Waals surface area contributed by atoms with Crippen LogP contribution in [0.3, 0.4) is 0 Å². The first-order valence-corrected chi connectivity index (χ1v) is 14.1. The number of nitrogens with zero attached hydrogens (tertiary/aromatic N) is 3. The number of benzene rings is 1. The lowest BCUT2D eigenvalue weighted by atomic mass is 9.88. The maximum absolute atomic E-state index is 13.2. The number of allylic oxidation sites excluding steroid dienone is 5. The topological polar surface area (TPSA) is 56.1 Å². The van der Waals surface area contributed by atoms with Gasteiger partial charge in [0.1, 0.15) is 5.75 Å². The molecule has 3 aliphatic rings. The van der Waals surface area contributed by atoms with E-state index in [1.165, 1.54) is 44.9 Å². The molecule has 0 amide bonds. The Morgan fingerprint density at radius 1 is 1.05 bits per heavy atom. The van der Waals surface area contributed by atoms with Crippen LogP contribution in [0.2, 0.25) is 0 Å². The molecule has 1 unspecified atom stereocenters. The second kappa shape index (κ2) is 12.4. The lowest BCUT2D eigenvalue weighted by molar-refractivity contribution is -0.115. The number of phenols is 1. The van der Waals surface area contributed by atoms with Crippen LogP contribution in [-0.4, -0.2) is 34.6 Å². The summed E-state index contributed by atoms with van der Waals surface area (Å²) < 4.78 is 0. The number of anilines is 1. The van der Waals surface area contributed by atoms with E-state index in [0.717, 1.165) is 47.9 Å². The van der Waals surface area contributed by atoms with Crippen LogP contribution in [-0.2, 0) is 4.79 Å². The van der Waals surface area contributed by atoms with Crippen molar-refractivity contribution in [3.05, 3.63) is 64.8 Å². The van der Waals surface area contributed by atoms with Crippen LogP contribution in [0.25, 0.3) is 6.08 Å². The molecule has 3 aliphatic heterocycles. The van der Waals surface area contributed by atoms with Gasteiger partial charge in [0, 0.05) is 54.8 Å². The van der Waals surface area contributed by atoms with E-state index in [4.69, 9.17) is 0 Å². The van der Waals surface area contributed by atoms with Crippen molar-refractivity contribution in [2.75, 3.05) is 18.0 Å². The predicted octanol–water partition coefficient (Wildman–Crippen LogP) is 7.75. The van der Waals surface area contributed by atoms with Crippen LogP contribution < -0.4 is 4.90 Å². The SMILES string of the molecule is CCC(=O)C(=Cc1ccc(N2CCCCCCCCC2)cc1O)C1=CN2C=C(C)N=C(C)C2=CCC1C. The fourth-order valence-corrected chi connectivity index (χ4v) is 5.58. The molecule has 1 atom stereocenters. The lowest BCUT2D eigenvalue weighted by Crippen LogP contribution is -2.26. The minimum atomic E-state index is 0.0872. The Balaban J connectivity index is 1.66. The number of rotatable bonds is 5. The van der Waals surface area contributed by atoms with Crippen LogP contribution in [0.4, 0.5) is 5.69 Å². The third-order valence-corrected chi connectivity index (χ3v) is 7.76. The minimum Gasteiger partial charge on any atom is -0.507 e. The number of carbonyl (C=O) groups excluding carboxylic acids is 1. The summed E-state index contributed by atoms with van der Waals surface area (Å²) in [6, 6.07) is 5.96. The molecule has 1 N–H and O–H groups in total. The third-order valence-electron chi connectivity index (χ3n) is 7.76. The van der Waals surface area contributed by atoms with Crippen molar-refractivity contribution < 1.29 is 9.90 Å². The van der Waals surface area contributed by atoms with Gasteiger partial charge in [-0.1, -0.05) is 52.0 Å². The molecule has 0 radical (unpaired) electrons. The first-order valence-electron chi connectivity index (χ1n) is 14.1. The van der Waals surface area contributed by atoms with E-state index in [-0.39, 0.29) is 17.5 Å². The Bertz CT molecular complexity index is 1140.